The molecule has 0 fully saturated rings. The van der Waals surface area contributed by atoms with Gasteiger partial charge in [0, 0.05) is 20.7 Å². The summed E-state index contributed by atoms with van der Waals surface area (Å²) in [6.07, 6.45) is -2.89. The first-order chi connectivity index (χ1) is 8.70. The van der Waals surface area contributed by atoms with Crippen molar-refractivity contribution in [2.45, 2.75) is 38.8 Å². The normalized spacial score (nSPS) is 12.1. The molecule has 0 aliphatic heterocycles. The van der Waals surface area contributed by atoms with Crippen molar-refractivity contribution in [2.75, 3.05) is 6.61 Å². The van der Waals surface area contributed by atoms with Crippen LogP contribution in [0.15, 0.2) is 15.7 Å². The Bertz CT molecular complexity index is 534. The van der Waals surface area contributed by atoms with E-state index >= 15 is 0 Å². The molecule has 0 aliphatic carbocycles. The maximum absolute atomic E-state index is 12.7. The summed E-state index contributed by atoms with van der Waals surface area (Å²) in [4.78, 5) is 24.4. The number of hydrogen-bond donors (Lipinski definition) is 1. The fourth-order valence-corrected chi connectivity index (χ4v) is 2.14. The summed E-state index contributed by atoms with van der Waals surface area (Å²) >= 11 is 0. The molecule has 0 unspecified atom stereocenters. The fourth-order valence-electron chi connectivity index (χ4n) is 1.39. The van der Waals surface area contributed by atoms with Crippen LogP contribution >= 0.6 is 0 Å². The van der Waals surface area contributed by atoms with Crippen molar-refractivity contribution in [1.29, 1.82) is 0 Å². The highest BCUT2D eigenvalue weighted by atomic mass is 28.3. The van der Waals surface area contributed by atoms with Crippen molar-refractivity contribution >= 4 is 8.07 Å². The largest absolute Gasteiger partial charge is 0.361 e. The number of nitrogens with one attached hydrogen (secondary N) is 1. The van der Waals surface area contributed by atoms with Crippen molar-refractivity contribution in [3.8, 4) is 0 Å². The van der Waals surface area contributed by atoms with E-state index in [9.17, 15) is 18.4 Å². The van der Waals surface area contributed by atoms with Gasteiger partial charge in [-0.05, 0) is 6.04 Å². The van der Waals surface area contributed by atoms with Crippen LogP contribution in [0.4, 0.5) is 8.78 Å². The van der Waals surface area contributed by atoms with E-state index in [0.717, 1.165) is 10.6 Å². The van der Waals surface area contributed by atoms with Crippen LogP contribution in [0.25, 0.3) is 0 Å². The van der Waals surface area contributed by atoms with Crippen LogP contribution in [-0.2, 0) is 11.5 Å². The van der Waals surface area contributed by atoms with Gasteiger partial charge >= 0.3 is 5.69 Å². The lowest BCUT2D eigenvalue weighted by atomic mass is 10.4. The van der Waals surface area contributed by atoms with Crippen LogP contribution in [0.3, 0.4) is 0 Å². The number of aromatic amines is 1. The third-order valence-electron chi connectivity index (χ3n) is 2.51. The summed E-state index contributed by atoms with van der Waals surface area (Å²) in [5.41, 5.74) is -2.34. The first kappa shape index (κ1) is 15.8. The van der Waals surface area contributed by atoms with Crippen molar-refractivity contribution in [3.63, 3.8) is 0 Å². The molecule has 0 atom stereocenters. The SMILES string of the molecule is C[Si](C)(C)CCOCn1c(C(F)F)cc(=O)[nH]c1=O. The first-order valence-electron chi connectivity index (χ1n) is 5.91. The molecule has 0 saturated heterocycles. The van der Waals surface area contributed by atoms with Crippen molar-refractivity contribution < 1.29 is 13.5 Å². The van der Waals surface area contributed by atoms with E-state index in [1.807, 2.05) is 4.98 Å². The standard InChI is InChI=1S/C11H18F2N2O3Si/c1-19(2,3)5-4-18-7-15-8(10(12)13)6-9(16)14-11(15)17/h6,10H,4-5,7H2,1-3H3,(H,14,16,17). The number of rotatable bonds is 6. The average molecular weight is 292 g/mol. The van der Waals surface area contributed by atoms with Gasteiger partial charge in [0.25, 0.3) is 12.0 Å². The van der Waals surface area contributed by atoms with E-state index in [2.05, 4.69) is 19.6 Å². The van der Waals surface area contributed by atoms with Crippen LogP contribution in [0, 0.1) is 0 Å². The number of hydrogen-bond acceptors (Lipinski definition) is 3. The number of halogens is 2. The van der Waals surface area contributed by atoms with E-state index in [0.29, 0.717) is 12.7 Å². The van der Waals surface area contributed by atoms with E-state index < -0.39 is 31.4 Å². The lowest BCUT2D eigenvalue weighted by Gasteiger charge is -2.16. The van der Waals surface area contributed by atoms with Gasteiger partial charge in [-0.3, -0.25) is 14.3 Å². The maximum Gasteiger partial charge on any atom is 0.330 e. The fraction of sp³-hybridized carbons (Fsp3) is 0.636. The smallest absolute Gasteiger partial charge is 0.330 e. The van der Waals surface area contributed by atoms with E-state index in [1.165, 1.54) is 0 Å². The third kappa shape index (κ3) is 5.07. The predicted molar refractivity (Wildman–Crippen MR) is 70.4 cm³/mol. The quantitative estimate of drug-likeness (QED) is 0.642. The topological polar surface area (TPSA) is 64.1 Å². The molecule has 108 valence electrons. The lowest BCUT2D eigenvalue weighted by molar-refractivity contribution is 0.0663. The summed E-state index contributed by atoms with van der Waals surface area (Å²) < 4.78 is 31.4. The number of nitrogens with zero attached hydrogens (tertiary/aromatic N) is 1. The van der Waals surface area contributed by atoms with Gasteiger partial charge in [-0.2, -0.15) is 0 Å². The molecule has 0 bridgehead atoms. The molecular formula is C11H18F2N2O3Si. The van der Waals surface area contributed by atoms with Gasteiger partial charge in [0.05, 0.1) is 5.69 Å². The van der Waals surface area contributed by atoms with Crippen molar-refractivity contribution in [1.82, 2.24) is 9.55 Å². The Morgan fingerprint density at radius 3 is 2.53 bits per heavy atom. The maximum atomic E-state index is 12.7. The van der Waals surface area contributed by atoms with E-state index in [1.54, 1.807) is 0 Å². The summed E-state index contributed by atoms with van der Waals surface area (Å²) in [7, 11) is -1.27. The van der Waals surface area contributed by atoms with Gasteiger partial charge in [-0.15, -0.1) is 0 Å². The number of H-pyrrole nitrogens is 1. The average Bonchev–Trinajstić information content (AvgIpc) is 2.24. The van der Waals surface area contributed by atoms with E-state index in [-0.39, 0.29) is 6.73 Å². The molecule has 1 aromatic heterocycles. The minimum absolute atomic E-state index is 0.278. The molecule has 0 saturated carbocycles. The number of aromatic nitrogens is 2. The van der Waals surface area contributed by atoms with Gasteiger partial charge in [-0.25, -0.2) is 13.6 Å². The molecule has 8 heteroatoms. The van der Waals surface area contributed by atoms with Crippen LogP contribution in [0.5, 0.6) is 0 Å². The Labute approximate surface area is 110 Å². The molecule has 0 radical (unpaired) electrons. The highest BCUT2D eigenvalue weighted by molar-refractivity contribution is 6.76. The first-order valence-corrected chi connectivity index (χ1v) is 9.61. The number of ether oxygens (including phenoxy) is 1. The van der Waals surface area contributed by atoms with Crippen LogP contribution in [0.1, 0.15) is 12.1 Å². The second-order valence-corrected chi connectivity index (χ2v) is 11.1. The van der Waals surface area contributed by atoms with Gasteiger partial charge in [0.2, 0.25) is 0 Å². The van der Waals surface area contributed by atoms with Gasteiger partial charge in [0.1, 0.15) is 6.73 Å². The van der Waals surface area contributed by atoms with Crippen LogP contribution in [0.2, 0.25) is 25.7 Å². The van der Waals surface area contributed by atoms with E-state index in [4.69, 9.17) is 4.74 Å². The van der Waals surface area contributed by atoms with Crippen LogP contribution in [-0.4, -0.2) is 24.2 Å². The molecule has 1 rings (SSSR count). The second kappa shape index (κ2) is 6.24. The Hall–Kier alpha value is -1.28. The lowest BCUT2D eigenvalue weighted by Crippen LogP contribution is -2.33. The number of alkyl halides is 2. The molecule has 0 aromatic carbocycles. The molecule has 1 heterocycles. The monoisotopic (exact) mass is 292 g/mol. The minimum atomic E-state index is -2.89. The summed E-state index contributed by atoms with van der Waals surface area (Å²) in [5.74, 6) is 0. The minimum Gasteiger partial charge on any atom is -0.361 e. The highest BCUT2D eigenvalue weighted by Gasteiger charge is 2.16. The zero-order valence-corrected chi connectivity index (χ0v) is 12.2. The molecular weight excluding hydrogens is 274 g/mol. The summed E-state index contributed by atoms with van der Waals surface area (Å²) in [6, 6.07) is 1.59. The molecule has 0 spiro atoms. The molecule has 1 aromatic rings. The Morgan fingerprint density at radius 2 is 2.00 bits per heavy atom. The third-order valence-corrected chi connectivity index (χ3v) is 4.21. The van der Waals surface area contributed by atoms with Crippen molar-refractivity contribution in [2.24, 2.45) is 0 Å². The van der Waals surface area contributed by atoms with Gasteiger partial charge < -0.3 is 4.74 Å². The zero-order chi connectivity index (χ0) is 14.6. The van der Waals surface area contributed by atoms with Gasteiger partial charge in [-0.1, -0.05) is 19.6 Å². The van der Waals surface area contributed by atoms with Gasteiger partial charge in [0.15, 0.2) is 0 Å². The molecule has 0 aliphatic rings. The molecule has 19 heavy (non-hydrogen) atoms. The molecule has 1 N–H and O–H groups in total. The van der Waals surface area contributed by atoms with Crippen LogP contribution < -0.4 is 11.2 Å². The molecule has 5 nitrogen and oxygen atoms in total. The predicted octanol–water partition coefficient (Wildman–Crippen LogP) is 1.79. The molecule has 0 amide bonds. The Morgan fingerprint density at radius 1 is 1.37 bits per heavy atom. The Kier molecular flexibility index (Phi) is 5.18. The zero-order valence-electron chi connectivity index (χ0n) is 11.2. The summed E-state index contributed by atoms with van der Waals surface area (Å²) in [5, 5.41) is 0. The Balaban J connectivity index is 2.78. The van der Waals surface area contributed by atoms with Crippen molar-refractivity contribution in [3.05, 3.63) is 32.6 Å². The summed E-state index contributed by atoms with van der Waals surface area (Å²) in [6.45, 7) is 6.61. The highest BCUT2D eigenvalue weighted by Crippen LogP contribution is 2.15. The second-order valence-electron chi connectivity index (χ2n) is 5.44.